The van der Waals surface area contributed by atoms with E-state index < -0.39 is 6.04 Å². The van der Waals surface area contributed by atoms with Crippen LogP contribution in [0.15, 0.2) is 97.6 Å². The molecule has 0 aromatic heterocycles. The molecule has 37 heavy (non-hydrogen) atoms. The Morgan fingerprint density at radius 2 is 1.51 bits per heavy atom. The summed E-state index contributed by atoms with van der Waals surface area (Å²) in [5.74, 6) is 1.46. The molecule has 5 rings (SSSR count). The Bertz CT molecular complexity index is 1420. The van der Waals surface area contributed by atoms with E-state index in [1.165, 1.54) is 0 Å². The van der Waals surface area contributed by atoms with Gasteiger partial charge in [-0.15, -0.1) is 0 Å². The summed E-state index contributed by atoms with van der Waals surface area (Å²) in [5, 5.41) is 10.5. The van der Waals surface area contributed by atoms with Crippen molar-refractivity contribution in [3.63, 3.8) is 0 Å². The number of carbonyl (C=O) groups is 1. The molecule has 1 amide bonds. The highest BCUT2D eigenvalue weighted by Crippen LogP contribution is 2.46. The monoisotopic (exact) mass is 491 g/mol. The van der Waals surface area contributed by atoms with E-state index in [0.29, 0.717) is 31.3 Å². The van der Waals surface area contributed by atoms with Crippen molar-refractivity contribution < 1.29 is 19.4 Å². The molecule has 0 fully saturated rings. The summed E-state index contributed by atoms with van der Waals surface area (Å²) >= 11 is 0. The van der Waals surface area contributed by atoms with Crippen molar-refractivity contribution >= 4 is 12.0 Å². The van der Waals surface area contributed by atoms with E-state index in [0.717, 1.165) is 45.4 Å². The molecule has 1 aliphatic heterocycles. The third kappa shape index (κ3) is 5.07. The summed E-state index contributed by atoms with van der Waals surface area (Å²) in [6, 6.07) is 28.8. The zero-order chi connectivity index (χ0) is 25.8. The first kappa shape index (κ1) is 24.2. The number of phenolic OH excluding ortho intramolecular Hbond substituents is 1. The highest BCUT2D eigenvalue weighted by atomic mass is 16.5. The number of fused-ring (bicyclic) bond motifs is 1. The number of allylic oxidation sites excluding steroid dienone is 1. The number of hydrogen-bond acceptors (Lipinski definition) is 4. The molecule has 0 radical (unpaired) electrons. The summed E-state index contributed by atoms with van der Waals surface area (Å²) in [6.07, 6.45) is 0.825. The van der Waals surface area contributed by atoms with E-state index >= 15 is 0 Å². The van der Waals surface area contributed by atoms with Crippen LogP contribution in [0.4, 0.5) is 0 Å². The minimum Gasteiger partial charge on any atom is -0.508 e. The number of benzene rings is 4. The van der Waals surface area contributed by atoms with Crippen LogP contribution in [0.25, 0.3) is 5.57 Å². The second-order valence-corrected chi connectivity index (χ2v) is 9.24. The fourth-order valence-electron chi connectivity index (χ4n) is 4.76. The van der Waals surface area contributed by atoms with E-state index in [9.17, 15) is 9.90 Å². The molecule has 4 aromatic rings. The highest BCUT2D eigenvalue weighted by Gasteiger charge is 2.35. The van der Waals surface area contributed by atoms with Crippen molar-refractivity contribution in [2.75, 3.05) is 0 Å². The minimum absolute atomic E-state index is 0.182. The van der Waals surface area contributed by atoms with Gasteiger partial charge in [-0.25, -0.2) is 0 Å². The van der Waals surface area contributed by atoms with Gasteiger partial charge in [-0.2, -0.15) is 0 Å². The maximum absolute atomic E-state index is 12.2. The van der Waals surface area contributed by atoms with Gasteiger partial charge in [0, 0.05) is 22.8 Å². The van der Waals surface area contributed by atoms with Crippen molar-refractivity contribution in [1.29, 1.82) is 0 Å². The molecular formula is C32H29NO4. The Hall–Kier alpha value is -4.51. The molecule has 1 N–H and O–H groups in total. The van der Waals surface area contributed by atoms with Crippen molar-refractivity contribution in [1.82, 2.24) is 4.90 Å². The molecule has 0 saturated carbocycles. The zero-order valence-electron chi connectivity index (χ0n) is 20.8. The second kappa shape index (κ2) is 10.6. The van der Waals surface area contributed by atoms with Crippen LogP contribution in [0.1, 0.15) is 46.3 Å². The molecule has 186 valence electrons. The van der Waals surface area contributed by atoms with Crippen molar-refractivity contribution in [2.45, 2.75) is 32.7 Å². The first-order valence-corrected chi connectivity index (χ1v) is 12.2. The van der Waals surface area contributed by atoms with Crippen LogP contribution in [0.2, 0.25) is 0 Å². The van der Waals surface area contributed by atoms with Crippen LogP contribution >= 0.6 is 0 Å². The third-order valence-electron chi connectivity index (χ3n) is 6.63. The van der Waals surface area contributed by atoms with Crippen LogP contribution in [-0.2, 0) is 24.6 Å². The maximum atomic E-state index is 12.2. The number of hydrogen-bond donors (Lipinski definition) is 1. The summed E-state index contributed by atoms with van der Waals surface area (Å²) in [5.41, 5.74) is 6.21. The number of rotatable bonds is 9. The number of amides is 1. The quantitative estimate of drug-likeness (QED) is 0.267. The Balaban J connectivity index is 1.60. The van der Waals surface area contributed by atoms with Crippen LogP contribution in [0.5, 0.6) is 17.2 Å². The highest BCUT2D eigenvalue weighted by molar-refractivity contribution is 5.71. The molecule has 1 heterocycles. The predicted octanol–water partition coefficient (Wildman–Crippen LogP) is 6.64. The summed E-state index contributed by atoms with van der Waals surface area (Å²) in [6.45, 7) is 7.21. The lowest BCUT2D eigenvalue weighted by molar-refractivity contribution is -0.119. The molecule has 0 bridgehead atoms. The molecule has 0 aliphatic carbocycles. The molecule has 0 spiro atoms. The SMILES string of the molecule is C=C(C)c1cc(C2c3cccc(O)c3CN2C=O)c(OCc2ccccc2)cc1OCc1ccccc1. The molecule has 0 saturated heterocycles. The second-order valence-electron chi connectivity index (χ2n) is 9.24. The Kier molecular flexibility index (Phi) is 6.95. The van der Waals surface area contributed by atoms with E-state index in [-0.39, 0.29) is 5.75 Å². The van der Waals surface area contributed by atoms with Gasteiger partial charge in [0.15, 0.2) is 0 Å². The van der Waals surface area contributed by atoms with Gasteiger partial charge < -0.3 is 19.5 Å². The largest absolute Gasteiger partial charge is 0.508 e. The Morgan fingerprint density at radius 3 is 2.11 bits per heavy atom. The van der Waals surface area contributed by atoms with E-state index in [2.05, 4.69) is 6.58 Å². The number of phenols is 1. The lowest BCUT2D eigenvalue weighted by atomic mass is 9.93. The average molecular weight is 492 g/mol. The van der Waals surface area contributed by atoms with E-state index in [4.69, 9.17) is 9.47 Å². The molecule has 5 heteroatoms. The summed E-state index contributed by atoms with van der Waals surface area (Å²) in [4.78, 5) is 13.9. The van der Waals surface area contributed by atoms with Crippen molar-refractivity contribution in [2.24, 2.45) is 0 Å². The molecule has 1 unspecified atom stereocenters. The van der Waals surface area contributed by atoms with Gasteiger partial charge in [0.2, 0.25) is 6.41 Å². The van der Waals surface area contributed by atoms with E-state index in [1.54, 1.807) is 17.0 Å². The number of nitrogens with zero attached hydrogens (tertiary/aromatic N) is 1. The Morgan fingerprint density at radius 1 is 0.892 bits per heavy atom. The van der Waals surface area contributed by atoms with Gasteiger partial charge in [-0.3, -0.25) is 4.79 Å². The molecule has 4 aromatic carbocycles. The van der Waals surface area contributed by atoms with Gasteiger partial charge in [-0.1, -0.05) is 79.4 Å². The van der Waals surface area contributed by atoms with Crippen LogP contribution in [0.3, 0.4) is 0 Å². The van der Waals surface area contributed by atoms with Crippen molar-refractivity contribution in [3.05, 3.63) is 131 Å². The fourth-order valence-corrected chi connectivity index (χ4v) is 4.76. The molecular weight excluding hydrogens is 462 g/mol. The first-order valence-electron chi connectivity index (χ1n) is 12.2. The van der Waals surface area contributed by atoms with Gasteiger partial charge in [0.05, 0.1) is 12.6 Å². The number of aromatic hydroxyl groups is 1. The first-order chi connectivity index (χ1) is 18.0. The Labute approximate surface area is 217 Å². The van der Waals surface area contributed by atoms with Gasteiger partial charge in [-0.05, 0) is 41.3 Å². The van der Waals surface area contributed by atoms with Crippen LogP contribution < -0.4 is 9.47 Å². The lowest BCUT2D eigenvalue weighted by Crippen LogP contribution is -2.22. The third-order valence-corrected chi connectivity index (χ3v) is 6.63. The number of ether oxygens (including phenoxy) is 2. The predicted molar refractivity (Wildman–Crippen MR) is 144 cm³/mol. The maximum Gasteiger partial charge on any atom is 0.210 e. The number of carbonyl (C=O) groups excluding carboxylic acids is 1. The summed E-state index contributed by atoms with van der Waals surface area (Å²) < 4.78 is 12.7. The van der Waals surface area contributed by atoms with Gasteiger partial charge in [0.1, 0.15) is 30.5 Å². The smallest absolute Gasteiger partial charge is 0.210 e. The normalized spacial score (nSPS) is 14.2. The van der Waals surface area contributed by atoms with Crippen molar-refractivity contribution in [3.8, 4) is 17.2 Å². The lowest BCUT2D eigenvalue weighted by Gasteiger charge is -2.26. The van der Waals surface area contributed by atoms with E-state index in [1.807, 2.05) is 85.8 Å². The molecule has 1 atom stereocenters. The standard InChI is InChI=1S/C32H29NO4/c1-22(2)26-16-27(32-25-14-9-15-29(35)28(25)18-33(32)21-34)31(37-20-24-12-7-4-8-13-24)17-30(26)36-19-23-10-5-3-6-11-23/h3-17,21,32,35H,1,18-20H2,2H3. The topological polar surface area (TPSA) is 59.0 Å². The molecule has 1 aliphatic rings. The zero-order valence-corrected chi connectivity index (χ0v) is 20.8. The van der Waals surface area contributed by atoms with Gasteiger partial charge in [0.25, 0.3) is 0 Å². The fraction of sp³-hybridized carbons (Fsp3) is 0.156. The van der Waals surface area contributed by atoms with Crippen LogP contribution in [-0.4, -0.2) is 16.4 Å². The van der Waals surface area contributed by atoms with Gasteiger partial charge >= 0.3 is 0 Å². The van der Waals surface area contributed by atoms with Crippen LogP contribution in [0, 0.1) is 0 Å². The summed E-state index contributed by atoms with van der Waals surface area (Å²) in [7, 11) is 0. The minimum atomic E-state index is -0.411. The average Bonchev–Trinajstić information content (AvgIpc) is 3.31. The molecule has 5 nitrogen and oxygen atoms in total.